The third kappa shape index (κ3) is 4.87. The van der Waals surface area contributed by atoms with Gasteiger partial charge in [0.2, 0.25) is 17.6 Å². The van der Waals surface area contributed by atoms with Gasteiger partial charge in [0.05, 0.1) is 5.69 Å². The summed E-state index contributed by atoms with van der Waals surface area (Å²) in [5, 5.41) is 16.0. The summed E-state index contributed by atoms with van der Waals surface area (Å²) in [6.45, 7) is 0. The first-order valence-corrected chi connectivity index (χ1v) is 10.3. The lowest BCUT2D eigenvalue weighted by Gasteiger charge is -2.10. The van der Waals surface area contributed by atoms with Crippen LogP contribution in [-0.4, -0.2) is 30.8 Å². The van der Waals surface area contributed by atoms with E-state index < -0.39 is 0 Å². The van der Waals surface area contributed by atoms with Crippen LogP contribution in [-0.2, 0) is 18.3 Å². The van der Waals surface area contributed by atoms with Crippen molar-refractivity contribution in [1.82, 2.24) is 24.9 Å². The standard InChI is InChI=1S/C20H17ClN6O2S/c1-27-12-22-25-20(27)30-16-8-7-14(21)11-15(16)23-17(28)9-10-18-24-19(26-29-18)13-5-3-2-4-6-13/h2-8,11-12H,9-10H2,1H3,(H,23,28). The first kappa shape index (κ1) is 20.1. The molecule has 4 rings (SSSR count). The summed E-state index contributed by atoms with van der Waals surface area (Å²) in [4.78, 5) is 17.7. The van der Waals surface area contributed by atoms with Crippen LogP contribution in [0.3, 0.4) is 0 Å². The molecule has 0 radical (unpaired) electrons. The normalized spacial score (nSPS) is 10.9. The fourth-order valence-corrected chi connectivity index (χ4v) is 3.65. The summed E-state index contributed by atoms with van der Waals surface area (Å²) in [5.74, 6) is 0.725. The number of aryl methyl sites for hydroxylation is 2. The monoisotopic (exact) mass is 440 g/mol. The van der Waals surface area contributed by atoms with Crippen molar-refractivity contribution in [1.29, 1.82) is 0 Å². The summed E-state index contributed by atoms with van der Waals surface area (Å²) < 4.78 is 7.06. The van der Waals surface area contributed by atoms with Crippen molar-refractivity contribution in [3.63, 3.8) is 0 Å². The van der Waals surface area contributed by atoms with Crippen LogP contribution in [0.4, 0.5) is 5.69 Å². The second-order valence-electron chi connectivity index (χ2n) is 6.39. The largest absolute Gasteiger partial charge is 0.339 e. The van der Waals surface area contributed by atoms with Crippen LogP contribution in [0.2, 0.25) is 5.02 Å². The van der Waals surface area contributed by atoms with Crippen molar-refractivity contribution < 1.29 is 9.32 Å². The molecular weight excluding hydrogens is 424 g/mol. The molecule has 0 aliphatic heterocycles. The van der Waals surface area contributed by atoms with Gasteiger partial charge < -0.3 is 14.4 Å². The Hall–Kier alpha value is -3.17. The number of rotatable bonds is 7. The molecular formula is C20H17ClN6O2S. The van der Waals surface area contributed by atoms with Gasteiger partial charge in [0.1, 0.15) is 6.33 Å². The average Bonchev–Trinajstić information content (AvgIpc) is 3.38. The molecule has 1 amide bonds. The summed E-state index contributed by atoms with van der Waals surface area (Å²) in [7, 11) is 1.85. The molecule has 2 heterocycles. The Morgan fingerprint density at radius 3 is 2.83 bits per heavy atom. The number of carbonyl (C=O) groups is 1. The predicted octanol–water partition coefficient (Wildman–Crippen LogP) is 4.24. The minimum absolute atomic E-state index is 0.184. The molecule has 1 N–H and O–H groups in total. The number of anilines is 1. The Labute approximate surface area is 181 Å². The molecule has 0 unspecified atom stereocenters. The number of benzene rings is 2. The number of carbonyl (C=O) groups excluding carboxylic acids is 1. The van der Waals surface area contributed by atoms with Crippen molar-refractivity contribution >= 4 is 35.0 Å². The smallest absolute Gasteiger partial charge is 0.227 e. The number of amides is 1. The zero-order valence-electron chi connectivity index (χ0n) is 15.9. The van der Waals surface area contributed by atoms with Gasteiger partial charge in [0, 0.05) is 35.4 Å². The molecule has 2 aromatic carbocycles. The van der Waals surface area contributed by atoms with Crippen molar-refractivity contribution in [2.75, 3.05) is 5.32 Å². The van der Waals surface area contributed by atoms with Crippen LogP contribution in [0.5, 0.6) is 0 Å². The number of halogens is 1. The van der Waals surface area contributed by atoms with E-state index in [1.807, 2.05) is 43.4 Å². The topological polar surface area (TPSA) is 98.7 Å². The summed E-state index contributed by atoms with van der Waals surface area (Å²) in [6.07, 6.45) is 2.14. The molecule has 0 aliphatic rings. The summed E-state index contributed by atoms with van der Waals surface area (Å²) >= 11 is 7.51. The third-order valence-corrected chi connectivity index (χ3v) is 5.52. The van der Waals surface area contributed by atoms with E-state index >= 15 is 0 Å². The molecule has 0 saturated heterocycles. The maximum atomic E-state index is 12.5. The molecule has 152 valence electrons. The summed E-state index contributed by atoms with van der Waals surface area (Å²) in [6, 6.07) is 14.8. The first-order chi connectivity index (χ1) is 14.6. The van der Waals surface area contributed by atoms with Gasteiger partial charge in [-0.3, -0.25) is 4.79 Å². The molecule has 0 aliphatic carbocycles. The Kier molecular flexibility index (Phi) is 6.10. The highest BCUT2D eigenvalue weighted by Gasteiger charge is 2.14. The summed E-state index contributed by atoms with van der Waals surface area (Å²) in [5.41, 5.74) is 1.47. The Balaban J connectivity index is 1.40. The fourth-order valence-electron chi connectivity index (χ4n) is 2.65. The van der Waals surface area contributed by atoms with Gasteiger partial charge in [-0.2, -0.15) is 4.98 Å². The van der Waals surface area contributed by atoms with E-state index in [4.69, 9.17) is 16.1 Å². The number of aromatic nitrogens is 5. The SMILES string of the molecule is Cn1cnnc1Sc1ccc(Cl)cc1NC(=O)CCc1nc(-c2ccccc2)no1. The van der Waals surface area contributed by atoms with Gasteiger partial charge in [0.15, 0.2) is 5.16 Å². The lowest BCUT2D eigenvalue weighted by atomic mass is 10.2. The molecule has 2 aromatic heterocycles. The third-order valence-electron chi connectivity index (χ3n) is 4.15. The Bertz CT molecular complexity index is 1160. The number of nitrogens with zero attached hydrogens (tertiary/aromatic N) is 5. The first-order valence-electron chi connectivity index (χ1n) is 9.08. The second-order valence-corrected chi connectivity index (χ2v) is 7.84. The Morgan fingerprint density at radius 1 is 1.23 bits per heavy atom. The van der Waals surface area contributed by atoms with Crippen molar-refractivity contribution in [2.24, 2.45) is 7.05 Å². The van der Waals surface area contributed by atoms with Gasteiger partial charge in [-0.25, -0.2) is 0 Å². The highest BCUT2D eigenvalue weighted by Crippen LogP contribution is 2.34. The molecule has 10 heteroatoms. The number of nitrogens with one attached hydrogen (secondary N) is 1. The molecule has 0 spiro atoms. The second kappa shape index (κ2) is 9.10. The van der Waals surface area contributed by atoms with Crippen LogP contribution in [0.15, 0.2) is 69.4 Å². The van der Waals surface area contributed by atoms with Crippen molar-refractivity contribution in [2.45, 2.75) is 22.9 Å². The van der Waals surface area contributed by atoms with Crippen LogP contribution < -0.4 is 5.32 Å². The van der Waals surface area contributed by atoms with Crippen LogP contribution in [0.1, 0.15) is 12.3 Å². The predicted molar refractivity (Wildman–Crippen MR) is 113 cm³/mol. The van der Waals surface area contributed by atoms with Crippen LogP contribution in [0, 0.1) is 0 Å². The van der Waals surface area contributed by atoms with E-state index in [2.05, 4.69) is 25.7 Å². The minimum atomic E-state index is -0.184. The van der Waals surface area contributed by atoms with Gasteiger partial charge in [0.25, 0.3) is 0 Å². The maximum absolute atomic E-state index is 12.5. The molecule has 0 saturated carbocycles. The lowest BCUT2D eigenvalue weighted by Crippen LogP contribution is -2.13. The van der Waals surface area contributed by atoms with Gasteiger partial charge in [-0.15, -0.1) is 10.2 Å². The maximum Gasteiger partial charge on any atom is 0.227 e. The Morgan fingerprint density at radius 2 is 2.07 bits per heavy atom. The zero-order chi connectivity index (χ0) is 20.9. The van der Waals surface area contributed by atoms with Gasteiger partial charge in [-0.1, -0.05) is 47.1 Å². The van der Waals surface area contributed by atoms with Crippen molar-refractivity contribution in [3.05, 3.63) is 65.8 Å². The average molecular weight is 441 g/mol. The van der Waals surface area contributed by atoms with Gasteiger partial charge in [-0.05, 0) is 30.0 Å². The minimum Gasteiger partial charge on any atom is -0.339 e. The van der Waals surface area contributed by atoms with Crippen LogP contribution >= 0.6 is 23.4 Å². The molecule has 0 atom stereocenters. The number of hydrogen-bond acceptors (Lipinski definition) is 7. The van der Waals surface area contributed by atoms with E-state index in [0.29, 0.717) is 34.0 Å². The molecule has 8 nitrogen and oxygen atoms in total. The molecule has 4 aromatic rings. The number of hydrogen-bond donors (Lipinski definition) is 1. The highest BCUT2D eigenvalue weighted by atomic mass is 35.5. The lowest BCUT2D eigenvalue weighted by molar-refractivity contribution is -0.116. The highest BCUT2D eigenvalue weighted by molar-refractivity contribution is 7.99. The van der Waals surface area contributed by atoms with Crippen molar-refractivity contribution in [3.8, 4) is 11.4 Å². The molecule has 30 heavy (non-hydrogen) atoms. The zero-order valence-corrected chi connectivity index (χ0v) is 17.5. The van der Waals surface area contributed by atoms with E-state index in [0.717, 1.165) is 10.5 Å². The van der Waals surface area contributed by atoms with Gasteiger partial charge >= 0.3 is 0 Å². The fraction of sp³-hybridized carbons (Fsp3) is 0.150. The quantitative estimate of drug-likeness (QED) is 0.458. The van der Waals surface area contributed by atoms with E-state index in [9.17, 15) is 4.79 Å². The van der Waals surface area contributed by atoms with E-state index in [1.54, 1.807) is 23.0 Å². The van der Waals surface area contributed by atoms with E-state index in [-0.39, 0.29) is 12.3 Å². The van der Waals surface area contributed by atoms with Crippen LogP contribution in [0.25, 0.3) is 11.4 Å². The van der Waals surface area contributed by atoms with E-state index in [1.165, 1.54) is 11.8 Å². The molecule has 0 fully saturated rings. The molecule has 0 bridgehead atoms.